The number of hydrogen-bond acceptors (Lipinski definition) is 3. The summed E-state index contributed by atoms with van der Waals surface area (Å²) < 4.78 is 37.7. The van der Waals surface area contributed by atoms with E-state index in [-0.39, 0.29) is 12.2 Å². The minimum Gasteiger partial charge on any atom is -0.376 e. The molecule has 0 saturated heterocycles. The Kier molecular flexibility index (Phi) is 5.05. The molecule has 0 atom stereocenters. The lowest BCUT2D eigenvalue weighted by Gasteiger charge is -2.10. The van der Waals surface area contributed by atoms with Gasteiger partial charge in [-0.25, -0.2) is 5.43 Å². The third-order valence-corrected chi connectivity index (χ3v) is 2.98. The van der Waals surface area contributed by atoms with Crippen LogP contribution in [0.15, 0.2) is 47.7 Å². The number of hydrogen-bond donors (Lipinski definition) is 3. The highest BCUT2D eigenvalue weighted by molar-refractivity contribution is 5.97. The molecule has 0 fully saturated rings. The first-order valence-corrected chi connectivity index (χ1v) is 6.74. The average Bonchev–Trinajstić information content (AvgIpc) is 3.04. The summed E-state index contributed by atoms with van der Waals surface area (Å²) in [6.07, 6.45) is -2.69. The molecule has 1 amide bonds. The Morgan fingerprint density at radius 3 is 2.70 bits per heavy atom. The lowest BCUT2D eigenvalue weighted by molar-refractivity contribution is -0.137. The quantitative estimate of drug-likeness (QED) is 0.584. The van der Waals surface area contributed by atoms with Crippen LogP contribution in [0.5, 0.6) is 0 Å². The molecule has 0 aliphatic heterocycles. The van der Waals surface area contributed by atoms with E-state index in [2.05, 4.69) is 20.8 Å². The number of aromatic amines is 1. The lowest BCUT2D eigenvalue weighted by Crippen LogP contribution is -2.26. The Morgan fingerprint density at radius 2 is 2.04 bits per heavy atom. The first kappa shape index (κ1) is 16.6. The number of amides is 1. The van der Waals surface area contributed by atoms with Gasteiger partial charge in [0.1, 0.15) is 0 Å². The van der Waals surface area contributed by atoms with Gasteiger partial charge in [0.05, 0.1) is 23.5 Å². The Morgan fingerprint density at radius 1 is 1.26 bits per heavy atom. The Labute approximate surface area is 130 Å². The van der Waals surface area contributed by atoms with Crippen molar-refractivity contribution in [3.8, 4) is 0 Å². The number of carbonyl (C=O) groups is 1. The maximum Gasteiger partial charge on any atom is 0.416 e. The second-order valence-electron chi connectivity index (χ2n) is 4.75. The average molecular weight is 324 g/mol. The smallest absolute Gasteiger partial charge is 0.376 e. The summed E-state index contributed by atoms with van der Waals surface area (Å²) in [6.45, 7) is 1.52. The summed E-state index contributed by atoms with van der Waals surface area (Å²) in [4.78, 5) is 14.6. The highest BCUT2D eigenvalue weighted by atomic mass is 19.4. The van der Waals surface area contributed by atoms with Crippen LogP contribution in [0, 0.1) is 0 Å². The Bertz CT molecular complexity index is 693. The molecular weight excluding hydrogens is 309 g/mol. The van der Waals surface area contributed by atoms with Crippen LogP contribution in [0.4, 0.5) is 18.9 Å². The predicted octanol–water partition coefficient (Wildman–Crippen LogP) is 2.99. The number of aromatic nitrogens is 1. The van der Waals surface area contributed by atoms with Crippen LogP contribution >= 0.6 is 0 Å². The number of rotatable bonds is 5. The summed E-state index contributed by atoms with van der Waals surface area (Å²) in [5.74, 6) is -0.465. The third-order valence-electron chi connectivity index (χ3n) is 2.98. The van der Waals surface area contributed by atoms with E-state index in [1.807, 2.05) is 0 Å². The van der Waals surface area contributed by atoms with Gasteiger partial charge in [0.25, 0.3) is 5.91 Å². The SMILES string of the molecule is CC(=NNC(=O)CNc1cccc(C(F)(F)F)c1)c1ccc[nH]1. The van der Waals surface area contributed by atoms with Crippen LogP contribution in [0.25, 0.3) is 0 Å². The number of alkyl halides is 3. The number of benzene rings is 1. The van der Waals surface area contributed by atoms with E-state index in [1.165, 1.54) is 12.1 Å². The van der Waals surface area contributed by atoms with E-state index in [1.54, 1.807) is 25.3 Å². The molecule has 1 aromatic heterocycles. The zero-order valence-corrected chi connectivity index (χ0v) is 12.2. The highest BCUT2D eigenvalue weighted by Crippen LogP contribution is 2.30. The molecule has 5 nitrogen and oxygen atoms in total. The maximum absolute atomic E-state index is 12.6. The standard InChI is InChI=1S/C15H15F3N4O/c1-10(13-6-3-7-19-13)21-22-14(23)9-20-12-5-2-4-11(8-12)15(16,17)18/h2-8,19-20H,9H2,1H3,(H,22,23). The molecule has 0 spiro atoms. The van der Waals surface area contributed by atoms with Crippen molar-refractivity contribution in [2.24, 2.45) is 5.10 Å². The molecule has 0 saturated carbocycles. The van der Waals surface area contributed by atoms with Crippen molar-refractivity contribution in [3.05, 3.63) is 53.9 Å². The van der Waals surface area contributed by atoms with Crippen molar-refractivity contribution in [1.29, 1.82) is 0 Å². The van der Waals surface area contributed by atoms with E-state index >= 15 is 0 Å². The maximum atomic E-state index is 12.6. The molecular formula is C15H15F3N4O. The lowest BCUT2D eigenvalue weighted by atomic mass is 10.2. The van der Waals surface area contributed by atoms with Crippen molar-refractivity contribution >= 4 is 17.3 Å². The van der Waals surface area contributed by atoms with Crippen LogP contribution < -0.4 is 10.7 Å². The number of nitrogens with zero attached hydrogens (tertiary/aromatic N) is 1. The van der Waals surface area contributed by atoms with E-state index in [4.69, 9.17) is 0 Å². The fourth-order valence-corrected chi connectivity index (χ4v) is 1.79. The van der Waals surface area contributed by atoms with Crippen LogP contribution in [-0.2, 0) is 11.0 Å². The number of H-pyrrole nitrogens is 1. The molecule has 0 radical (unpaired) electrons. The number of nitrogens with one attached hydrogen (secondary N) is 3. The van der Waals surface area contributed by atoms with Crippen molar-refractivity contribution in [3.63, 3.8) is 0 Å². The van der Waals surface area contributed by atoms with Gasteiger partial charge < -0.3 is 10.3 Å². The van der Waals surface area contributed by atoms with Crippen LogP contribution in [0.1, 0.15) is 18.2 Å². The van der Waals surface area contributed by atoms with Gasteiger partial charge in [-0.15, -0.1) is 0 Å². The van der Waals surface area contributed by atoms with Crippen molar-refractivity contribution in [2.45, 2.75) is 13.1 Å². The van der Waals surface area contributed by atoms with Crippen molar-refractivity contribution in [1.82, 2.24) is 10.4 Å². The normalized spacial score (nSPS) is 12.1. The van der Waals surface area contributed by atoms with Crippen LogP contribution in [0.2, 0.25) is 0 Å². The molecule has 1 heterocycles. The molecule has 0 aliphatic carbocycles. The number of hydrazone groups is 1. The van der Waals surface area contributed by atoms with E-state index in [0.29, 0.717) is 5.71 Å². The molecule has 1 aromatic carbocycles. The van der Waals surface area contributed by atoms with E-state index < -0.39 is 17.6 Å². The second kappa shape index (κ2) is 6.99. The van der Waals surface area contributed by atoms with Gasteiger partial charge in [-0.3, -0.25) is 4.79 Å². The molecule has 8 heteroatoms. The zero-order valence-electron chi connectivity index (χ0n) is 12.2. The van der Waals surface area contributed by atoms with Gasteiger partial charge in [-0.1, -0.05) is 6.07 Å². The van der Waals surface area contributed by atoms with Gasteiger partial charge in [0.2, 0.25) is 0 Å². The molecule has 122 valence electrons. The molecule has 2 rings (SSSR count). The number of anilines is 1. The first-order valence-electron chi connectivity index (χ1n) is 6.74. The van der Waals surface area contributed by atoms with Crippen LogP contribution in [0.3, 0.4) is 0 Å². The highest BCUT2D eigenvalue weighted by Gasteiger charge is 2.30. The summed E-state index contributed by atoms with van der Waals surface area (Å²) in [6, 6.07) is 8.24. The van der Waals surface area contributed by atoms with Crippen molar-refractivity contribution in [2.75, 3.05) is 11.9 Å². The summed E-state index contributed by atoms with van der Waals surface area (Å²) in [5, 5.41) is 6.53. The number of halogens is 3. The monoisotopic (exact) mass is 324 g/mol. The van der Waals surface area contributed by atoms with E-state index in [0.717, 1.165) is 17.8 Å². The first-order chi connectivity index (χ1) is 10.9. The van der Waals surface area contributed by atoms with Gasteiger partial charge >= 0.3 is 6.18 Å². The molecule has 2 aromatic rings. The second-order valence-corrected chi connectivity index (χ2v) is 4.75. The Balaban J connectivity index is 1.89. The van der Waals surface area contributed by atoms with Crippen molar-refractivity contribution < 1.29 is 18.0 Å². The Hall–Kier alpha value is -2.77. The van der Waals surface area contributed by atoms with Gasteiger partial charge in [0.15, 0.2) is 0 Å². The largest absolute Gasteiger partial charge is 0.416 e. The fourth-order valence-electron chi connectivity index (χ4n) is 1.79. The summed E-state index contributed by atoms with van der Waals surface area (Å²) in [7, 11) is 0. The van der Waals surface area contributed by atoms with Gasteiger partial charge in [-0.05, 0) is 37.3 Å². The van der Waals surface area contributed by atoms with Crippen LogP contribution in [-0.4, -0.2) is 23.1 Å². The molecule has 3 N–H and O–H groups in total. The summed E-state index contributed by atoms with van der Waals surface area (Å²) in [5.41, 5.74) is 3.11. The van der Waals surface area contributed by atoms with E-state index in [9.17, 15) is 18.0 Å². The fraction of sp³-hybridized carbons (Fsp3) is 0.200. The zero-order chi connectivity index (χ0) is 16.9. The van der Waals surface area contributed by atoms with Gasteiger partial charge in [-0.2, -0.15) is 18.3 Å². The third kappa shape index (κ3) is 4.87. The summed E-state index contributed by atoms with van der Waals surface area (Å²) >= 11 is 0. The molecule has 0 bridgehead atoms. The molecule has 0 unspecified atom stereocenters. The molecule has 0 aliphatic rings. The minimum atomic E-state index is -4.42. The topological polar surface area (TPSA) is 69.3 Å². The van der Waals surface area contributed by atoms with Gasteiger partial charge in [0, 0.05) is 11.9 Å². The number of carbonyl (C=O) groups excluding carboxylic acids is 1. The molecule has 23 heavy (non-hydrogen) atoms. The minimum absolute atomic E-state index is 0.192. The predicted molar refractivity (Wildman–Crippen MR) is 81.1 cm³/mol.